The number of benzene rings is 1. The molecule has 6 heteroatoms. The second-order valence-corrected chi connectivity index (χ2v) is 5.47. The number of nitrogens with one attached hydrogen (secondary N) is 2. The highest BCUT2D eigenvalue weighted by molar-refractivity contribution is 5.81. The van der Waals surface area contributed by atoms with E-state index in [2.05, 4.69) is 26.9 Å². The van der Waals surface area contributed by atoms with Gasteiger partial charge in [-0.1, -0.05) is 18.2 Å². The molecule has 0 spiro atoms. The van der Waals surface area contributed by atoms with E-state index < -0.39 is 0 Å². The molecule has 2 unspecified atom stereocenters. The van der Waals surface area contributed by atoms with E-state index in [0.717, 1.165) is 17.9 Å². The maximum Gasteiger partial charge on any atom is 0.225 e. The topological polar surface area (TPSA) is 71.8 Å². The Balaban J connectivity index is 1.66. The van der Waals surface area contributed by atoms with Gasteiger partial charge in [0.25, 0.3) is 0 Å². The third-order valence-electron chi connectivity index (χ3n) is 3.89. The molecule has 1 aliphatic heterocycles. The highest BCUT2D eigenvalue weighted by Crippen LogP contribution is 2.24. The monoisotopic (exact) mass is 285 g/mol. The molecule has 2 N–H and O–H groups in total. The number of fused-ring (bicyclic) bond motifs is 1. The van der Waals surface area contributed by atoms with Crippen LogP contribution < -0.4 is 10.6 Å². The first-order valence-corrected chi connectivity index (χ1v) is 7.11. The summed E-state index contributed by atoms with van der Waals surface area (Å²) in [7, 11) is 1.87. The molecule has 3 rings (SSSR count). The van der Waals surface area contributed by atoms with Gasteiger partial charge in [0.1, 0.15) is 6.33 Å². The van der Waals surface area contributed by atoms with Gasteiger partial charge < -0.3 is 15.2 Å². The van der Waals surface area contributed by atoms with Crippen LogP contribution in [0.3, 0.4) is 0 Å². The van der Waals surface area contributed by atoms with Crippen molar-refractivity contribution in [3.05, 3.63) is 42.0 Å². The average molecular weight is 285 g/mol. The number of rotatable bonds is 3. The SMILES string of the molecule is CC(NC(=O)C1CNc2ccccc2C1)c1nncn1C. The first-order valence-electron chi connectivity index (χ1n) is 7.11. The average Bonchev–Trinajstić information content (AvgIpc) is 2.93. The summed E-state index contributed by atoms with van der Waals surface area (Å²) in [4.78, 5) is 12.4. The molecule has 21 heavy (non-hydrogen) atoms. The molecule has 1 aliphatic rings. The van der Waals surface area contributed by atoms with Gasteiger partial charge in [-0.15, -0.1) is 10.2 Å². The summed E-state index contributed by atoms with van der Waals surface area (Å²) >= 11 is 0. The zero-order valence-electron chi connectivity index (χ0n) is 12.2. The Bertz CT molecular complexity index is 651. The van der Waals surface area contributed by atoms with E-state index in [1.54, 1.807) is 6.33 Å². The van der Waals surface area contributed by atoms with Crippen LogP contribution in [0.25, 0.3) is 0 Å². The molecule has 0 saturated carbocycles. The molecular formula is C15H19N5O. The minimum atomic E-state index is -0.151. The molecule has 0 radical (unpaired) electrons. The van der Waals surface area contributed by atoms with Crippen molar-refractivity contribution in [2.45, 2.75) is 19.4 Å². The number of para-hydroxylation sites is 1. The molecule has 1 aromatic carbocycles. The molecule has 0 aliphatic carbocycles. The second kappa shape index (κ2) is 5.55. The standard InChI is InChI=1S/C15H19N5O/c1-10(14-19-17-9-20(14)2)18-15(21)12-7-11-5-3-4-6-13(11)16-8-12/h3-6,9-10,12,16H,7-8H2,1-2H3,(H,18,21). The highest BCUT2D eigenvalue weighted by atomic mass is 16.2. The van der Waals surface area contributed by atoms with Crippen LogP contribution in [0.2, 0.25) is 0 Å². The maximum absolute atomic E-state index is 12.4. The predicted molar refractivity (Wildman–Crippen MR) is 79.7 cm³/mol. The van der Waals surface area contributed by atoms with E-state index in [1.165, 1.54) is 5.56 Å². The van der Waals surface area contributed by atoms with Gasteiger partial charge in [0.2, 0.25) is 5.91 Å². The van der Waals surface area contributed by atoms with Crippen molar-refractivity contribution in [3.63, 3.8) is 0 Å². The van der Waals surface area contributed by atoms with E-state index >= 15 is 0 Å². The molecule has 0 saturated heterocycles. The minimum absolute atomic E-state index is 0.0486. The molecule has 6 nitrogen and oxygen atoms in total. The Hall–Kier alpha value is -2.37. The number of carbonyl (C=O) groups is 1. The van der Waals surface area contributed by atoms with Crippen molar-refractivity contribution >= 4 is 11.6 Å². The van der Waals surface area contributed by atoms with Crippen molar-refractivity contribution in [1.82, 2.24) is 20.1 Å². The molecule has 1 aromatic heterocycles. The number of hydrogen-bond donors (Lipinski definition) is 2. The summed E-state index contributed by atoms with van der Waals surface area (Å²) in [6.07, 6.45) is 2.40. The van der Waals surface area contributed by atoms with Crippen molar-refractivity contribution in [2.75, 3.05) is 11.9 Å². The Labute approximate surface area is 123 Å². The fraction of sp³-hybridized carbons (Fsp3) is 0.400. The largest absolute Gasteiger partial charge is 0.384 e. The lowest BCUT2D eigenvalue weighted by molar-refractivity contribution is -0.125. The van der Waals surface area contributed by atoms with Crippen LogP contribution in [-0.4, -0.2) is 27.2 Å². The smallest absolute Gasteiger partial charge is 0.225 e. The molecule has 0 bridgehead atoms. The van der Waals surface area contributed by atoms with Crippen molar-refractivity contribution in [1.29, 1.82) is 0 Å². The zero-order chi connectivity index (χ0) is 14.8. The number of carbonyl (C=O) groups excluding carboxylic acids is 1. The molecule has 2 aromatic rings. The predicted octanol–water partition coefficient (Wildman–Crippen LogP) is 1.28. The lowest BCUT2D eigenvalue weighted by Gasteiger charge is -2.26. The van der Waals surface area contributed by atoms with Crippen LogP contribution in [0, 0.1) is 5.92 Å². The van der Waals surface area contributed by atoms with E-state index in [-0.39, 0.29) is 17.9 Å². The van der Waals surface area contributed by atoms with Gasteiger partial charge >= 0.3 is 0 Å². The van der Waals surface area contributed by atoms with Gasteiger partial charge in [-0.25, -0.2) is 0 Å². The lowest BCUT2D eigenvalue weighted by atomic mass is 9.93. The third-order valence-corrected chi connectivity index (χ3v) is 3.89. The Morgan fingerprint density at radius 3 is 3.05 bits per heavy atom. The number of anilines is 1. The Morgan fingerprint density at radius 1 is 1.48 bits per heavy atom. The van der Waals surface area contributed by atoms with Crippen LogP contribution in [-0.2, 0) is 18.3 Å². The quantitative estimate of drug-likeness (QED) is 0.891. The summed E-state index contributed by atoms with van der Waals surface area (Å²) < 4.78 is 1.82. The van der Waals surface area contributed by atoms with Crippen LogP contribution in [0.4, 0.5) is 5.69 Å². The van der Waals surface area contributed by atoms with Crippen LogP contribution in [0.1, 0.15) is 24.4 Å². The fourth-order valence-corrected chi connectivity index (χ4v) is 2.71. The van der Waals surface area contributed by atoms with Crippen LogP contribution in [0.5, 0.6) is 0 Å². The van der Waals surface area contributed by atoms with Crippen molar-refractivity contribution in [2.24, 2.45) is 13.0 Å². The summed E-state index contributed by atoms with van der Waals surface area (Å²) in [5, 5.41) is 14.2. The van der Waals surface area contributed by atoms with Gasteiger partial charge in [0.15, 0.2) is 5.82 Å². The van der Waals surface area contributed by atoms with Gasteiger partial charge in [-0.2, -0.15) is 0 Å². The Morgan fingerprint density at radius 2 is 2.29 bits per heavy atom. The summed E-state index contributed by atoms with van der Waals surface area (Å²) in [6.45, 7) is 2.58. The van der Waals surface area contributed by atoms with Crippen molar-refractivity contribution < 1.29 is 4.79 Å². The van der Waals surface area contributed by atoms with Gasteiger partial charge in [0, 0.05) is 19.3 Å². The zero-order valence-corrected chi connectivity index (χ0v) is 12.2. The number of nitrogens with zero attached hydrogens (tertiary/aromatic N) is 3. The van der Waals surface area contributed by atoms with Gasteiger partial charge in [-0.05, 0) is 25.0 Å². The number of aryl methyl sites for hydroxylation is 1. The van der Waals surface area contributed by atoms with Gasteiger partial charge in [-0.3, -0.25) is 4.79 Å². The maximum atomic E-state index is 12.4. The van der Waals surface area contributed by atoms with Gasteiger partial charge in [0.05, 0.1) is 12.0 Å². The van der Waals surface area contributed by atoms with Crippen molar-refractivity contribution in [3.8, 4) is 0 Å². The van der Waals surface area contributed by atoms with E-state index in [9.17, 15) is 4.79 Å². The lowest BCUT2D eigenvalue weighted by Crippen LogP contribution is -2.39. The summed E-state index contributed by atoms with van der Waals surface area (Å²) in [6, 6.07) is 7.97. The van der Waals surface area contributed by atoms with Crippen LogP contribution in [0.15, 0.2) is 30.6 Å². The number of amides is 1. The summed E-state index contributed by atoms with van der Waals surface area (Å²) in [5.74, 6) is 0.746. The first-order chi connectivity index (χ1) is 10.1. The van der Waals surface area contributed by atoms with E-state index in [4.69, 9.17) is 0 Å². The molecule has 2 heterocycles. The number of hydrogen-bond acceptors (Lipinski definition) is 4. The minimum Gasteiger partial charge on any atom is -0.384 e. The molecule has 2 atom stereocenters. The summed E-state index contributed by atoms with van der Waals surface area (Å²) in [5.41, 5.74) is 2.32. The van der Waals surface area contributed by atoms with Crippen LogP contribution >= 0.6 is 0 Å². The normalized spacial score (nSPS) is 18.5. The fourth-order valence-electron chi connectivity index (χ4n) is 2.71. The highest BCUT2D eigenvalue weighted by Gasteiger charge is 2.26. The molecule has 110 valence electrons. The van der Waals surface area contributed by atoms with E-state index in [0.29, 0.717) is 6.54 Å². The Kier molecular flexibility index (Phi) is 3.60. The molecule has 0 fully saturated rings. The number of aromatic nitrogens is 3. The first kappa shape index (κ1) is 13.6. The third kappa shape index (κ3) is 2.74. The second-order valence-electron chi connectivity index (χ2n) is 5.47. The molecular weight excluding hydrogens is 266 g/mol. The van der Waals surface area contributed by atoms with E-state index in [1.807, 2.05) is 36.7 Å². The molecule has 1 amide bonds.